The average molecular weight is 959 g/mol. The topological polar surface area (TPSA) is 286 Å². The van der Waals surface area contributed by atoms with Crippen LogP contribution in [0.4, 0.5) is 0 Å². The summed E-state index contributed by atoms with van der Waals surface area (Å²) in [6, 6.07) is -1.27. The van der Waals surface area contributed by atoms with Crippen LogP contribution >= 0.6 is 0 Å². The van der Waals surface area contributed by atoms with Crippen LogP contribution in [0.2, 0.25) is 0 Å². The van der Waals surface area contributed by atoms with Crippen LogP contribution < -0.4 is 31.9 Å². The molecule has 0 unspecified atom stereocenters. The van der Waals surface area contributed by atoms with Gasteiger partial charge in [-0.25, -0.2) is 4.79 Å². The highest BCUT2D eigenvalue weighted by Gasteiger charge is 2.21. The van der Waals surface area contributed by atoms with E-state index in [9.17, 15) is 43.5 Å². The van der Waals surface area contributed by atoms with Crippen molar-refractivity contribution >= 4 is 47.4 Å². The van der Waals surface area contributed by atoms with Crippen molar-refractivity contribution in [3.8, 4) is 0 Å². The highest BCUT2D eigenvalue weighted by atomic mass is 16.5. The Kier molecular flexibility index (Phi) is 43.6. The molecule has 0 radical (unpaired) electrons. The second kappa shape index (κ2) is 46.7. The predicted octanol–water partition coefficient (Wildman–Crippen LogP) is 3.67. The van der Waals surface area contributed by atoms with Crippen molar-refractivity contribution in [2.75, 3.05) is 85.6 Å². The highest BCUT2D eigenvalue weighted by molar-refractivity contribution is 5.85. The van der Waals surface area contributed by atoms with Crippen LogP contribution in [0.1, 0.15) is 161 Å². The Morgan fingerprint density at radius 1 is 0.373 bits per heavy atom. The minimum atomic E-state index is -1.28. The number of hydrogen-bond acceptors (Lipinski definition) is 12. The molecule has 0 rings (SSSR count). The molecule has 0 spiro atoms. The molecule has 0 aliphatic rings. The van der Waals surface area contributed by atoms with Crippen molar-refractivity contribution < 1.29 is 67.5 Å². The molecule has 0 heterocycles. The van der Waals surface area contributed by atoms with E-state index in [-0.39, 0.29) is 115 Å². The quantitative estimate of drug-likeness (QED) is 0.0404. The number of rotatable bonds is 49. The van der Waals surface area contributed by atoms with Crippen molar-refractivity contribution in [1.82, 2.24) is 31.9 Å². The van der Waals surface area contributed by atoms with Crippen LogP contribution in [0.5, 0.6) is 0 Å². The lowest BCUT2D eigenvalue weighted by Gasteiger charge is -2.14. The van der Waals surface area contributed by atoms with Gasteiger partial charge in [-0.15, -0.1) is 0 Å². The van der Waals surface area contributed by atoms with Crippen molar-refractivity contribution in [2.45, 2.75) is 167 Å². The van der Waals surface area contributed by atoms with E-state index in [0.717, 1.165) is 51.4 Å². The molecular formula is C47H86N6O14. The maximum absolute atomic E-state index is 12.1. The summed E-state index contributed by atoms with van der Waals surface area (Å²) in [6.07, 6.45) is 20.0. The van der Waals surface area contributed by atoms with E-state index in [4.69, 9.17) is 24.1 Å². The van der Waals surface area contributed by atoms with E-state index in [2.05, 4.69) is 31.9 Å². The number of aliphatic carboxylic acids is 2. The molecule has 0 aliphatic carbocycles. The van der Waals surface area contributed by atoms with Gasteiger partial charge in [0.25, 0.3) is 0 Å². The third-order valence-corrected chi connectivity index (χ3v) is 10.3. The molecule has 0 saturated heterocycles. The van der Waals surface area contributed by atoms with Crippen molar-refractivity contribution in [2.24, 2.45) is 0 Å². The number of carboxylic acid groups (broad SMARTS) is 2. The van der Waals surface area contributed by atoms with Gasteiger partial charge in [0.2, 0.25) is 35.4 Å². The number of hydrogen-bond donors (Lipinski definition) is 8. The molecule has 0 aromatic rings. The van der Waals surface area contributed by atoms with Gasteiger partial charge in [-0.2, -0.15) is 0 Å². The third kappa shape index (κ3) is 46.5. The van der Waals surface area contributed by atoms with Crippen molar-refractivity contribution in [3.63, 3.8) is 0 Å². The number of nitrogens with one attached hydrogen (secondary N) is 6. The number of amides is 6. The van der Waals surface area contributed by atoms with Crippen LogP contribution in [-0.2, 0) is 57.3 Å². The van der Waals surface area contributed by atoms with Gasteiger partial charge in [-0.3, -0.25) is 33.6 Å². The molecular weight excluding hydrogens is 873 g/mol. The summed E-state index contributed by atoms with van der Waals surface area (Å²) in [7, 11) is 0. The van der Waals surface area contributed by atoms with Crippen LogP contribution in [-0.4, -0.2) is 149 Å². The first-order chi connectivity index (χ1) is 32.4. The summed E-state index contributed by atoms with van der Waals surface area (Å²) in [5, 5.41) is 34.1. The summed E-state index contributed by atoms with van der Waals surface area (Å²) in [5.41, 5.74) is 0. The summed E-state index contributed by atoms with van der Waals surface area (Å²) < 4.78 is 21.3. The number of ether oxygens (including phenoxy) is 4. The Morgan fingerprint density at radius 3 is 1.18 bits per heavy atom. The maximum atomic E-state index is 12.1. The first kappa shape index (κ1) is 62.6. The summed E-state index contributed by atoms with van der Waals surface area (Å²) in [4.78, 5) is 94.1. The minimum Gasteiger partial charge on any atom is -0.481 e. The fraction of sp³-hybridized carbons (Fsp3) is 0.830. The molecule has 6 amide bonds. The van der Waals surface area contributed by atoms with Gasteiger partial charge in [0, 0.05) is 64.8 Å². The van der Waals surface area contributed by atoms with E-state index in [1.54, 1.807) is 0 Å². The SMILES string of the molecule is CCCCNC(=O)CCCNC(=O)CC[C@H](NC(=O)COCCOCCNC(=O)COCCOCCNC(=O)CCCNC(=O)CCCCCCCCCCCCCCCCC(=O)O)C(=O)O. The molecule has 20 nitrogen and oxygen atoms in total. The standard InChI is InChI=1S/C47H86N6O14/c1-2-3-26-48-41(55)21-18-28-50-43(57)25-24-39(47(62)63)53-45(59)38-67-36-34-65-32-30-52-44(58)37-66-35-33-64-31-29-51-42(56)22-19-27-49-40(54)20-16-14-12-10-8-6-4-5-7-9-11-13-15-17-23-46(60)61/h39H,2-38H2,1H3,(H,48,55)(H,49,54)(H,50,57)(H,51,56)(H,52,58)(H,53,59)(H,60,61)(H,62,63)/t39-/m0/s1. The molecule has 0 saturated carbocycles. The van der Waals surface area contributed by atoms with Gasteiger partial charge in [0.15, 0.2) is 0 Å². The predicted molar refractivity (Wildman–Crippen MR) is 252 cm³/mol. The molecule has 8 N–H and O–H groups in total. The Hall–Kier alpha value is -4.40. The van der Waals surface area contributed by atoms with Crippen LogP contribution in [0.25, 0.3) is 0 Å². The third-order valence-electron chi connectivity index (χ3n) is 10.3. The Morgan fingerprint density at radius 2 is 0.731 bits per heavy atom. The second-order valence-corrected chi connectivity index (χ2v) is 16.5. The van der Waals surface area contributed by atoms with Gasteiger partial charge in [-0.05, 0) is 38.5 Å². The fourth-order valence-electron chi connectivity index (χ4n) is 6.51. The zero-order valence-electron chi connectivity index (χ0n) is 40.5. The van der Waals surface area contributed by atoms with Gasteiger partial charge in [-0.1, -0.05) is 90.4 Å². The molecule has 0 fully saturated rings. The summed E-state index contributed by atoms with van der Waals surface area (Å²) >= 11 is 0. The Balaban J connectivity index is 3.59. The smallest absolute Gasteiger partial charge is 0.326 e. The summed E-state index contributed by atoms with van der Waals surface area (Å²) in [6.45, 7) is 4.47. The monoisotopic (exact) mass is 959 g/mol. The number of unbranched alkanes of at least 4 members (excludes halogenated alkanes) is 14. The average Bonchev–Trinajstić information content (AvgIpc) is 3.29. The molecule has 20 heteroatoms. The lowest BCUT2D eigenvalue weighted by molar-refractivity contribution is -0.143. The molecule has 388 valence electrons. The van der Waals surface area contributed by atoms with Gasteiger partial charge in [0.05, 0.1) is 39.6 Å². The molecule has 0 aromatic heterocycles. The van der Waals surface area contributed by atoms with Crippen LogP contribution in [0.15, 0.2) is 0 Å². The van der Waals surface area contributed by atoms with Gasteiger partial charge < -0.3 is 61.1 Å². The van der Waals surface area contributed by atoms with Gasteiger partial charge in [0.1, 0.15) is 19.3 Å². The highest BCUT2D eigenvalue weighted by Crippen LogP contribution is 2.14. The lowest BCUT2D eigenvalue weighted by atomic mass is 10.0. The normalized spacial score (nSPS) is 11.4. The zero-order chi connectivity index (χ0) is 49.4. The zero-order valence-corrected chi connectivity index (χ0v) is 40.5. The first-order valence-electron chi connectivity index (χ1n) is 24.8. The summed E-state index contributed by atoms with van der Waals surface area (Å²) in [5.74, 6) is -3.54. The largest absolute Gasteiger partial charge is 0.481 e. The lowest BCUT2D eigenvalue weighted by Crippen LogP contribution is -2.43. The molecule has 67 heavy (non-hydrogen) atoms. The number of carbonyl (C=O) groups excluding carboxylic acids is 6. The van der Waals surface area contributed by atoms with Crippen LogP contribution in [0.3, 0.4) is 0 Å². The van der Waals surface area contributed by atoms with E-state index < -0.39 is 30.5 Å². The van der Waals surface area contributed by atoms with E-state index in [1.165, 1.54) is 51.4 Å². The second-order valence-electron chi connectivity index (χ2n) is 16.5. The molecule has 0 bridgehead atoms. The van der Waals surface area contributed by atoms with Crippen molar-refractivity contribution in [1.29, 1.82) is 0 Å². The van der Waals surface area contributed by atoms with Gasteiger partial charge >= 0.3 is 11.9 Å². The first-order valence-corrected chi connectivity index (χ1v) is 24.8. The van der Waals surface area contributed by atoms with E-state index in [0.29, 0.717) is 45.3 Å². The Labute approximate surface area is 398 Å². The Bertz CT molecular complexity index is 1340. The van der Waals surface area contributed by atoms with E-state index in [1.807, 2.05) is 6.92 Å². The molecule has 0 aliphatic heterocycles. The fourth-order valence-corrected chi connectivity index (χ4v) is 6.51. The number of carbonyl (C=O) groups is 8. The van der Waals surface area contributed by atoms with Crippen LogP contribution in [0, 0.1) is 0 Å². The maximum Gasteiger partial charge on any atom is 0.326 e. The molecule has 1 atom stereocenters. The van der Waals surface area contributed by atoms with Crippen molar-refractivity contribution in [3.05, 3.63) is 0 Å². The molecule has 0 aromatic carbocycles. The number of carboxylic acids is 2. The minimum absolute atomic E-state index is 0.0215. The van der Waals surface area contributed by atoms with E-state index >= 15 is 0 Å².